The fourth-order valence-corrected chi connectivity index (χ4v) is 2.68. The van der Waals surface area contributed by atoms with Gasteiger partial charge in [0, 0.05) is 30.2 Å². The van der Waals surface area contributed by atoms with E-state index in [1.807, 2.05) is 0 Å². The second-order valence-electron chi connectivity index (χ2n) is 5.63. The molecule has 0 fully saturated rings. The van der Waals surface area contributed by atoms with Crippen molar-refractivity contribution in [1.82, 2.24) is 0 Å². The lowest BCUT2D eigenvalue weighted by Gasteiger charge is -2.25. The zero-order valence-electron chi connectivity index (χ0n) is 13.9. The first-order chi connectivity index (χ1) is 10.8. The number of nitrogens with zero attached hydrogens (tertiary/aromatic N) is 1. The molecule has 2 rings (SSSR count). The molecule has 2 nitrogen and oxygen atoms in total. The van der Waals surface area contributed by atoms with Gasteiger partial charge >= 0.3 is 0 Å². The van der Waals surface area contributed by atoms with Crippen molar-refractivity contribution in [3.8, 4) is 0 Å². The Hall–Kier alpha value is -1.96. The molecule has 2 aromatic rings. The van der Waals surface area contributed by atoms with Crippen LogP contribution in [0.3, 0.4) is 0 Å². The van der Waals surface area contributed by atoms with Gasteiger partial charge in [0.15, 0.2) is 0 Å². The number of hydrogen-bond acceptors (Lipinski definition) is 2. The molecule has 0 radical (unpaired) electrons. The van der Waals surface area contributed by atoms with Gasteiger partial charge in [0.25, 0.3) is 0 Å². The van der Waals surface area contributed by atoms with E-state index < -0.39 is 0 Å². The van der Waals surface area contributed by atoms with Crippen LogP contribution in [0.5, 0.6) is 0 Å². The van der Waals surface area contributed by atoms with Gasteiger partial charge in [-0.2, -0.15) is 0 Å². The Morgan fingerprint density at radius 3 is 2.09 bits per heavy atom. The van der Waals surface area contributed by atoms with Crippen molar-refractivity contribution in [2.24, 2.45) is 0 Å². The molecular weight excluding hydrogens is 268 g/mol. The third-order valence-corrected chi connectivity index (χ3v) is 3.86. The van der Waals surface area contributed by atoms with Gasteiger partial charge in [-0.3, -0.25) is 0 Å². The Morgan fingerprint density at radius 1 is 0.773 bits per heavy atom. The van der Waals surface area contributed by atoms with Gasteiger partial charge in [-0.05, 0) is 49.7 Å². The molecule has 0 saturated carbocycles. The summed E-state index contributed by atoms with van der Waals surface area (Å²) in [7, 11) is 0. The van der Waals surface area contributed by atoms with E-state index in [1.165, 1.54) is 42.7 Å². The highest BCUT2D eigenvalue weighted by atomic mass is 15.1. The largest absolute Gasteiger partial charge is 0.385 e. The summed E-state index contributed by atoms with van der Waals surface area (Å²) >= 11 is 0. The van der Waals surface area contributed by atoms with Crippen LogP contribution in [0.25, 0.3) is 0 Å². The average molecular weight is 296 g/mol. The van der Waals surface area contributed by atoms with Crippen molar-refractivity contribution in [2.45, 2.75) is 39.5 Å². The normalized spacial score (nSPS) is 10.5. The molecule has 22 heavy (non-hydrogen) atoms. The predicted octanol–water partition coefficient (Wildman–Crippen LogP) is 5.84. The Bertz CT molecular complexity index is 519. The van der Waals surface area contributed by atoms with E-state index in [9.17, 15) is 0 Å². The third-order valence-electron chi connectivity index (χ3n) is 3.86. The van der Waals surface area contributed by atoms with E-state index in [4.69, 9.17) is 0 Å². The topological polar surface area (TPSA) is 15.3 Å². The summed E-state index contributed by atoms with van der Waals surface area (Å²) in [6.07, 6.45) is 5.14. The van der Waals surface area contributed by atoms with Gasteiger partial charge in [0.1, 0.15) is 0 Å². The quantitative estimate of drug-likeness (QED) is 0.585. The average Bonchev–Trinajstić information content (AvgIpc) is 2.57. The van der Waals surface area contributed by atoms with Crippen molar-refractivity contribution < 1.29 is 0 Å². The molecule has 0 spiro atoms. The fraction of sp³-hybridized carbons (Fsp3) is 0.400. The van der Waals surface area contributed by atoms with E-state index in [1.54, 1.807) is 0 Å². The molecule has 0 aliphatic heterocycles. The first-order valence-electron chi connectivity index (χ1n) is 8.51. The first kappa shape index (κ1) is 16.4. The summed E-state index contributed by atoms with van der Waals surface area (Å²) in [6.45, 7) is 6.41. The molecule has 1 N–H and O–H groups in total. The summed E-state index contributed by atoms with van der Waals surface area (Å²) in [6, 6.07) is 19.4. The summed E-state index contributed by atoms with van der Waals surface area (Å²) in [5.41, 5.74) is 3.73. The van der Waals surface area contributed by atoms with Gasteiger partial charge in [-0.15, -0.1) is 0 Å². The highest BCUT2D eigenvalue weighted by Gasteiger charge is 2.08. The Labute approximate surface area is 135 Å². The van der Waals surface area contributed by atoms with Gasteiger partial charge in [0.05, 0.1) is 0 Å². The summed E-state index contributed by atoms with van der Waals surface area (Å²) < 4.78 is 0. The molecule has 0 bridgehead atoms. The minimum atomic E-state index is 0.957. The summed E-state index contributed by atoms with van der Waals surface area (Å²) in [5, 5.41) is 3.35. The van der Waals surface area contributed by atoms with E-state index in [-0.39, 0.29) is 0 Å². The third kappa shape index (κ3) is 4.80. The number of para-hydroxylation sites is 1. The molecule has 0 heterocycles. The standard InChI is InChI=1S/C20H28N2/c1-3-5-6-10-17-22(19-11-8-7-9-12-19)20-15-13-18(14-16-20)21-4-2/h7-9,11-16,21H,3-6,10,17H2,1-2H3. The molecule has 0 aliphatic rings. The Balaban J connectivity index is 2.12. The van der Waals surface area contributed by atoms with Crippen molar-refractivity contribution in [1.29, 1.82) is 0 Å². The predicted molar refractivity (Wildman–Crippen MR) is 98.2 cm³/mol. The van der Waals surface area contributed by atoms with Gasteiger partial charge in [-0.1, -0.05) is 44.4 Å². The second-order valence-corrected chi connectivity index (χ2v) is 5.63. The molecule has 2 heteroatoms. The van der Waals surface area contributed by atoms with Crippen LogP contribution in [0.15, 0.2) is 54.6 Å². The van der Waals surface area contributed by atoms with Crippen molar-refractivity contribution in [3.63, 3.8) is 0 Å². The molecule has 0 amide bonds. The Kier molecular flexibility index (Phi) is 6.82. The van der Waals surface area contributed by atoms with Gasteiger partial charge < -0.3 is 10.2 Å². The molecule has 2 aromatic carbocycles. The molecule has 0 aliphatic carbocycles. The van der Waals surface area contributed by atoms with Crippen molar-refractivity contribution in [3.05, 3.63) is 54.6 Å². The maximum atomic E-state index is 3.35. The zero-order chi connectivity index (χ0) is 15.6. The SMILES string of the molecule is CCCCCCN(c1ccccc1)c1ccc(NCC)cc1. The van der Waals surface area contributed by atoms with Crippen LogP contribution in [0.4, 0.5) is 17.1 Å². The molecule has 0 atom stereocenters. The fourth-order valence-electron chi connectivity index (χ4n) is 2.68. The van der Waals surface area contributed by atoms with Crippen molar-refractivity contribution in [2.75, 3.05) is 23.3 Å². The highest BCUT2D eigenvalue weighted by Crippen LogP contribution is 2.27. The number of nitrogens with one attached hydrogen (secondary N) is 1. The number of hydrogen-bond donors (Lipinski definition) is 1. The summed E-state index contributed by atoms with van der Waals surface area (Å²) in [5.74, 6) is 0. The maximum Gasteiger partial charge on any atom is 0.0412 e. The number of unbranched alkanes of at least 4 members (excludes halogenated alkanes) is 3. The number of rotatable bonds is 9. The van der Waals surface area contributed by atoms with E-state index >= 15 is 0 Å². The van der Waals surface area contributed by atoms with E-state index in [2.05, 4.69) is 78.7 Å². The summed E-state index contributed by atoms with van der Waals surface area (Å²) in [4.78, 5) is 2.42. The smallest absolute Gasteiger partial charge is 0.0412 e. The highest BCUT2D eigenvalue weighted by molar-refractivity contribution is 5.65. The molecular formula is C20H28N2. The van der Waals surface area contributed by atoms with Crippen LogP contribution < -0.4 is 10.2 Å². The monoisotopic (exact) mass is 296 g/mol. The minimum absolute atomic E-state index is 0.957. The number of benzene rings is 2. The second kappa shape index (κ2) is 9.14. The molecule has 0 aromatic heterocycles. The maximum absolute atomic E-state index is 3.35. The van der Waals surface area contributed by atoms with Crippen LogP contribution in [0.1, 0.15) is 39.5 Å². The van der Waals surface area contributed by atoms with E-state index in [0.29, 0.717) is 0 Å². The van der Waals surface area contributed by atoms with Crippen LogP contribution in [-0.4, -0.2) is 13.1 Å². The van der Waals surface area contributed by atoms with Gasteiger partial charge in [0.2, 0.25) is 0 Å². The van der Waals surface area contributed by atoms with Crippen LogP contribution >= 0.6 is 0 Å². The van der Waals surface area contributed by atoms with Crippen LogP contribution in [0, 0.1) is 0 Å². The molecule has 118 valence electrons. The lowest BCUT2D eigenvalue weighted by atomic mass is 10.1. The van der Waals surface area contributed by atoms with Crippen molar-refractivity contribution >= 4 is 17.1 Å². The van der Waals surface area contributed by atoms with E-state index in [0.717, 1.165) is 13.1 Å². The van der Waals surface area contributed by atoms with Gasteiger partial charge in [-0.25, -0.2) is 0 Å². The Morgan fingerprint density at radius 2 is 1.45 bits per heavy atom. The van der Waals surface area contributed by atoms with Crippen LogP contribution in [-0.2, 0) is 0 Å². The lowest BCUT2D eigenvalue weighted by molar-refractivity contribution is 0.668. The zero-order valence-corrected chi connectivity index (χ0v) is 13.9. The molecule has 0 saturated heterocycles. The molecule has 0 unspecified atom stereocenters. The minimum Gasteiger partial charge on any atom is -0.385 e. The van der Waals surface area contributed by atoms with Crippen LogP contribution in [0.2, 0.25) is 0 Å². The lowest BCUT2D eigenvalue weighted by Crippen LogP contribution is -2.18. The number of anilines is 3. The first-order valence-corrected chi connectivity index (χ1v) is 8.51.